The summed E-state index contributed by atoms with van der Waals surface area (Å²) in [5, 5.41) is 3.41. The minimum absolute atomic E-state index is 0.184. The van der Waals surface area contributed by atoms with E-state index in [1.807, 2.05) is 6.92 Å². The van der Waals surface area contributed by atoms with Crippen LogP contribution in [0.1, 0.15) is 51.5 Å². The highest BCUT2D eigenvalue weighted by atomic mass is 35.5. The molecule has 1 saturated heterocycles. The van der Waals surface area contributed by atoms with Crippen molar-refractivity contribution in [1.82, 2.24) is 15.1 Å². The Morgan fingerprint density at radius 2 is 1.93 bits per heavy atom. The first-order valence-corrected chi connectivity index (χ1v) is 10.4. The second kappa shape index (κ2) is 8.29. The van der Waals surface area contributed by atoms with Crippen molar-refractivity contribution in [2.75, 3.05) is 13.1 Å². The average Bonchev–Trinajstić information content (AvgIpc) is 2.87. The van der Waals surface area contributed by atoms with Crippen LogP contribution in [0.4, 0.5) is 4.79 Å². The van der Waals surface area contributed by atoms with Gasteiger partial charge in [-0.15, -0.1) is 0 Å². The molecule has 1 heterocycles. The number of urea groups is 1. The lowest BCUT2D eigenvalue weighted by Gasteiger charge is -2.34. The molecule has 1 saturated carbocycles. The van der Waals surface area contributed by atoms with E-state index in [2.05, 4.69) is 5.32 Å². The lowest BCUT2D eigenvalue weighted by atomic mass is 9.92. The molecule has 0 bridgehead atoms. The van der Waals surface area contributed by atoms with Crippen molar-refractivity contribution in [2.45, 2.75) is 57.5 Å². The Morgan fingerprint density at radius 3 is 2.54 bits per heavy atom. The van der Waals surface area contributed by atoms with E-state index in [-0.39, 0.29) is 23.5 Å². The minimum Gasteiger partial charge on any atom is -0.338 e. The molecule has 6 nitrogen and oxygen atoms in total. The Hall–Kier alpha value is -1.79. The van der Waals surface area contributed by atoms with Crippen LogP contribution in [-0.4, -0.2) is 46.8 Å². The summed E-state index contributed by atoms with van der Waals surface area (Å²) in [5.41, 5.74) is -0.882. The smallest absolute Gasteiger partial charge is 0.325 e. The van der Waals surface area contributed by atoms with Gasteiger partial charge in [0.25, 0.3) is 5.91 Å². The van der Waals surface area contributed by atoms with Gasteiger partial charge < -0.3 is 10.2 Å². The number of nitrogens with one attached hydrogen (secondary N) is 1. The van der Waals surface area contributed by atoms with E-state index >= 15 is 0 Å². The minimum atomic E-state index is -1.33. The zero-order valence-corrected chi connectivity index (χ0v) is 17.6. The first-order valence-electron chi connectivity index (χ1n) is 9.67. The van der Waals surface area contributed by atoms with Crippen molar-refractivity contribution < 1.29 is 14.4 Å². The van der Waals surface area contributed by atoms with E-state index in [0.29, 0.717) is 17.1 Å². The van der Waals surface area contributed by atoms with Crippen molar-refractivity contribution >= 4 is 41.0 Å². The highest BCUT2D eigenvalue weighted by molar-refractivity contribution is 6.35. The molecule has 0 spiro atoms. The van der Waals surface area contributed by atoms with Crippen molar-refractivity contribution in [3.05, 3.63) is 33.8 Å². The normalized spacial score (nSPS) is 23.1. The van der Waals surface area contributed by atoms with E-state index in [0.717, 1.165) is 30.6 Å². The van der Waals surface area contributed by atoms with E-state index in [4.69, 9.17) is 23.2 Å². The maximum absolute atomic E-state index is 13.1. The molecule has 2 fully saturated rings. The number of carbonyl (C=O) groups is 3. The first-order chi connectivity index (χ1) is 13.3. The quantitative estimate of drug-likeness (QED) is 0.726. The zero-order chi connectivity index (χ0) is 20.5. The van der Waals surface area contributed by atoms with Crippen LogP contribution in [-0.2, 0) is 15.1 Å². The fourth-order valence-corrected chi connectivity index (χ4v) is 4.77. The molecule has 8 heteroatoms. The Balaban J connectivity index is 1.78. The van der Waals surface area contributed by atoms with Crippen LogP contribution in [0.15, 0.2) is 18.2 Å². The summed E-state index contributed by atoms with van der Waals surface area (Å²) in [4.78, 5) is 41.3. The van der Waals surface area contributed by atoms with E-state index in [1.165, 1.54) is 12.5 Å². The second-order valence-corrected chi connectivity index (χ2v) is 8.39. The summed E-state index contributed by atoms with van der Waals surface area (Å²) >= 11 is 12.2. The molecule has 1 unspecified atom stereocenters. The standard InChI is InChI=1S/C20H25Cl2N3O3/c1-3-24(14-7-5-4-6-8-14)17(26)12-25-18(27)20(2,23-19(25)28)15-10-9-13(21)11-16(15)22/h9-11,14H,3-8,12H2,1-2H3,(H,23,28). The molecule has 1 aliphatic heterocycles. The van der Waals surface area contributed by atoms with Gasteiger partial charge in [-0.3, -0.25) is 14.5 Å². The van der Waals surface area contributed by atoms with Crippen molar-refractivity contribution in [3.63, 3.8) is 0 Å². The van der Waals surface area contributed by atoms with Crippen molar-refractivity contribution in [3.8, 4) is 0 Å². The van der Waals surface area contributed by atoms with Gasteiger partial charge in [0, 0.05) is 28.2 Å². The Kier molecular flexibility index (Phi) is 6.20. The van der Waals surface area contributed by atoms with Crippen molar-refractivity contribution in [2.24, 2.45) is 0 Å². The van der Waals surface area contributed by atoms with Crippen LogP contribution >= 0.6 is 23.2 Å². The highest BCUT2D eigenvalue weighted by Gasteiger charge is 2.50. The van der Waals surface area contributed by atoms with Crippen LogP contribution in [0, 0.1) is 0 Å². The molecule has 1 aliphatic carbocycles. The van der Waals surface area contributed by atoms with Crippen LogP contribution in [0.2, 0.25) is 10.0 Å². The van der Waals surface area contributed by atoms with Gasteiger partial charge in [0.15, 0.2) is 0 Å². The maximum Gasteiger partial charge on any atom is 0.325 e. The van der Waals surface area contributed by atoms with Crippen LogP contribution in [0.25, 0.3) is 0 Å². The monoisotopic (exact) mass is 425 g/mol. The number of nitrogens with zero attached hydrogens (tertiary/aromatic N) is 2. The van der Waals surface area contributed by atoms with Gasteiger partial charge >= 0.3 is 6.03 Å². The number of benzene rings is 1. The molecule has 2 aliphatic rings. The molecule has 1 aromatic rings. The Morgan fingerprint density at radius 1 is 1.25 bits per heavy atom. The Bertz CT molecular complexity index is 795. The molecule has 1 atom stereocenters. The van der Waals surface area contributed by atoms with Gasteiger partial charge in [0.1, 0.15) is 12.1 Å². The molecule has 3 rings (SSSR count). The second-order valence-electron chi connectivity index (χ2n) is 7.54. The number of hydrogen-bond donors (Lipinski definition) is 1. The number of hydrogen-bond acceptors (Lipinski definition) is 3. The zero-order valence-electron chi connectivity index (χ0n) is 16.1. The summed E-state index contributed by atoms with van der Waals surface area (Å²) in [6.07, 6.45) is 5.33. The molecule has 152 valence electrons. The molecule has 4 amide bonds. The summed E-state index contributed by atoms with van der Waals surface area (Å²) in [6.45, 7) is 3.81. The Labute approximate surface area is 175 Å². The maximum atomic E-state index is 13.1. The third kappa shape index (κ3) is 3.85. The van der Waals surface area contributed by atoms with E-state index in [9.17, 15) is 14.4 Å². The lowest BCUT2D eigenvalue weighted by molar-refractivity contribution is -0.140. The van der Waals surface area contributed by atoms with Crippen LogP contribution < -0.4 is 5.32 Å². The molecule has 28 heavy (non-hydrogen) atoms. The van der Waals surface area contributed by atoms with Crippen molar-refractivity contribution in [1.29, 1.82) is 0 Å². The highest BCUT2D eigenvalue weighted by Crippen LogP contribution is 2.35. The predicted octanol–water partition coefficient (Wildman–Crippen LogP) is 3.94. The molecule has 1 aromatic carbocycles. The number of likely N-dealkylation sites (N-methyl/N-ethyl adjacent to an activating group) is 1. The number of carbonyl (C=O) groups excluding carboxylic acids is 3. The van der Waals surface area contributed by atoms with Gasteiger partial charge in [0.05, 0.1) is 0 Å². The number of halogens is 2. The summed E-state index contributed by atoms with van der Waals surface area (Å²) in [7, 11) is 0. The molecule has 0 radical (unpaired) electrons. The third-order valence-corrected chi connectivity index (χ3v) is 6.26. The summed E-state index contributed by atoms with van der Waals surface area (Å²) < 4.78 is 0. The molecular weight excluding hydrogens is 401 g/mol. The van der Waals surface area contributed by atoms with Gasteiger partial charge in [-0.25, -0.2) is 4.79 Å². The predicted molar refractivity (Wildman–Crippen MR) is 108 cm³/mol. The first kappa shape index (κ1) is 20.9. The lowest BCUT2D eigenvalue weighted by Crippen LogP contribution is -2.48. The largest absolute Gasteiger partial charge is 0.338 e. The summed E-state index contributed by atoms with van der Waals surface area (Å²) in [5.74, 6) is -0.695. The van der Waals surface area contributed by atoms with Crippen LogP contribution in [0.5, 0.6) is 0 Å². The van der Waals surface area contributed by atoms with Gasteiger partial charge in [0.2, 0.25) is 5.91 Å². The van der Waals surface area contributed by atoms with Gasteiger partial charge in [-0.2, -0.15) is 0 Å². The van der Waals surface area contributed by atoms with E-state index in [1.54, 1.807) is 24.0 Å². The number of imide groups is 1. The third-order valence-electron chi connectivity index (χ3n) is 5.71. The molecular formula is C20H25Cl2N3O3. The van der Waals surface area contributed by atoms with Gasteiger partial charge in [-0.05, 0) is 38.8 Å². The fraction of sp³-hybridized carbons (Fsp3) is 0.550. The van der Waals surface area contributed by atoms with Crippen LogP contribution in [0.3, 0.4) is 0 Å². The summed E-state index contributed by atoms with van der Waals surface area (Å²) in [6, 6.07) is 4.35. The number of rotatable bonds is 5. The van der Waals surface area contributed by atoms with E-state index < -0.39 is 17.5 Å². The van der Waals surface area contributed by atoms with Gasteiger partial charge in [-0.1, -0.05) is 48.5 Å². The molecule has 1 N–H and O–H groups in total. The fourth-order valence-electron chi connectivity index (χ4n) is 4.18. The molecule has 0 aromatic heterocycles. The topological polar surface area (TPSA) is 69.7 Å². The SMILES string of the molecule is CCN(C(=O)CN1C(=O)NC(C)(c2ccc(Cl)cc2Cl)C1=O)C1CCCCC1. The average molecular weight is 426 g/mol. The number of amides is 4.